The molecule has 2 aromatic rings. The number of carbonyl (C=O) groups excluding carboxylic acids is 2. The summed E-state index contributed by atoms with van der Waals surface area (Å²) >= 11 is 1.62. The zero-order valence-electron chi connectivity index (χ0n) is 14.3. The molecule has 3 N–H and O–H groups in total. The van der Waals surface area contributed by atoms with Crippen molar-refractivity contribution in [1.82, 2.24) is 20.0 Å². The fourth-order valence-electron chi connectivity index (χ4n) is 3.48. The Morgan fingerprint density at radius 3 is 2.88 bits per heavy atom. The van der Waals surface area contributed by atoms with Gasteiger partial charge in [-0.05, 0) is 41.3 Å². The second kappa shape index (κ2) is 6.73. The summed E-state index contributed by atoms with van der Waals surface area (Å²) in [5, 5.41) is 11.3. The zero-order valence-corrected chi connectivity index (χ0v) is 15.1. The molecular weight excluding hydrogens is 354 g/mol. The van der Waals surface area contributed by atoms with E-state index in [1.165, 1.54) is 0 Å². The van der Waals surface area contributed by atoms with E-state index in [0.717, 1.165) is 24.1 Å². The predicted molar refractivity (Wildman–Crippen MR) is 95.6 cm³/mol. The maximum Gasteiger partial charge on any atom is 0.317 e. The summed E-state index contributed by atoms with van der Waals surface area (Å²) < 4.78 is 7.92. The van der Waals surface area contributed by atoms with Crippen molar-refractivity contribution < 1.29 is 14.3 Å². The third kappa shape index (κ3) is 3.32. The molecule has 0 unspecified atom stereocenters. The molecule has 1 spiro atoms. The monoisotopic (exact) mass is 375 g/mol. The summed E-state index contributed by atoms with van der Waals surface area (Å²) in [4.78, 5) is 25.5. The van der Waals surface area contributed by atoms with Gasteiger partial charge >= 0.3 is 6.03 Å². The number of rotatable bonds is 3. The van der Waals surface area contributed by atoms with E-state index < -0.39 is 5.91 Å². The number of aromatic nitrogens is 2. The van der Waals surface area contributed by atoms with Crippen molar-refractivity contribution in [1.29, 1.82) is 0 Å². The highest BCUT2D eigenvalue weighted by atomic mass is 32.1. The summed E-state index contributed by atoms with van der Waals surface area (Å²) in [5.41, 5.74) is 7.22. The lowest BCUT2D eigenvalue weighted by molar-refractivity contribution is -0.119. The minimum atomic E-state index is -0.530. The fraction of sp³-hybridized carbons (Fsp3) is 0.471. The minimum Gasteiger partial charge on any atom is -0.367 e. The van der Waals surface area contributed by atoms with Crippen LogP contribution in [0.2, 0.25) is 0 Å². The number of likely N-dealkylation sites (tertiary alicyclic amines) is 1. The number of carbonyl (C=O) groups is 2. The quantitative estimate of drug-likeness (QED) is 0.844. The molecule has 26 heavy (non-hydrogen) atoms. The number of thiophene rings is 1. The second-order valence-electron chi connectivity index (χ2n) is 6.79. The number of fused-ring (bicyclic) bond motifs is 1. The lowest BCUT2D eigenvalue weighted by atomic mass is 9.90. The molecule has 2 aromatic heterocycles. The second-order valence-corrected chi connectivity index (χ2v) is 7.57. The number of amides is 3. The highest BCUT2D eigenvalue weighted by molar-refractivity contribution is 7.07. The summed E-state index contributed by atoms with van der Waals surface area (Å²) in [6, 6.07) is 3.65. The molecule has 3 amide bonds. The molecule has 1 fully saturated rings. The van der Waals surface area contributed by atoms with Crippen LogP contribution in [-0.2, 0) is 24.4 Å². The highest BCUT2D eigenvalue weighted by Crippen LogP contribution is 2.33. The lowest BCUT2D eigenvalue weighted by Gasteiger charge is -2.43. The minimum absolute atomic E-state index is 0.0438. The van der Waals surface area contributed by atoms with Crippen LogP contribution in [0.1, 0.15) is 34.6 Å². The first-order valence-corrected chi connectivity index (χ1v) is 9.53. The van der Waals surface area contributed by atoms with Gasteiger partial charge < -0.3 is 20.7 Å². The SMILES string of the molecule is NC(=O)c1cc2n(n1)CC1(CCN(C(=O)NCc3ccsc3)CC1)OC2. The maximum atomic E-state index is 12.3. The van der Waals surface area contributed by atoms with Crippen LogP contribution in [-0.4, -0.2) is 45.3 Å². The number of hydrogen-bond acceptors (Lipinski definition) is 5. The van der Waals surface area contributed by atoms with E-state index >= 15 is 0 Å². The number of nitrogens with one attached hydrogen (secondary N) is 1. The molecule has 2 aliphatic heterocycles. The van der Waals surface area contributed by atoms with Crippen LogP contribution in [0.4, 0.5) is 4.79 Å². The van der Waals surface area contributed by atoms with Gasteiger partial charge in [-0.2, -0.15) is 16.4 Å². The number of piperidine rings is 1. The molecule has 0 aliphatic carbocycles. The van der Waals surface area contributed by atoms with Crippen molar-refractivity contribution in [2.45, 2.75) is 38.1 Å². The van der Waals surface area contributed by atoms with Crippen LogP contribution in [0.5, 0.6) is 0 Å². The van der Waals surface area contributed by atoms with Crippen molar-refractivity contribution in [3.05, 3.63) is 39.8 Å². The van der Waals surface area contributed by atoms with Crippen LogP contribution in [0, 0.1) is 0 Å². The van der Waals surface area contributed by atoms with Gasteiger partial charge in [-0.25, -0.2) is 4.79 Å². The molecule has 0 bridgehead atoms. The largest absolute Gasteiger partial charge is 0.367 e. The summed E-state index contributed by atoms with van der Waals surface area (Å²) in [6.07, 6.45) is 1.48. The average molecular weight is 375 g/mol. The third-order valence-corrected chi connectivity index (χ3v) is 5.80. The number of nitrogens with two attached hydrogens (primary N) is 1. The van der Waals surface area contributed by atoms with Gasteiger partial charge in [-0.3, -0.25) is 9.48 Å². The van der Waals surface area contributed by atoms with Crippen molar-refractivity contribution in [2.75, 3.05) is 13.1 Å². The van der Waals surface area contributed by atoms with Crippen molar-refractivity contribution in [3.8, 4) is 0 Å². The van der Waals surface area contributed by atoms with E-state index in [4.69, 9.17) is 10.5 Å². The van der Waals surface area contributed by atoms with E-state index in [2.05, 4.69) is 10.4 Å². The van der Waals surface area contributed by atoms with Gasteiger partial charge in [0.05, 0.1) is 24.4 Å². The predicted octanol–water partition coefficient (Wildman–Crippen LogP) is 1.32. The van der Waals surface area contributed by atoms with Gasteiger partial charge in [0, 0.05) is 19.6 Å². The molecule has 9 heteroatoms. The molecule has 0 aromatic carbocycles. The first-order valence-electron chi connectivity index (χ1n) is 8.59. The lowest BCUT2D eigenvalue weighted by Crippen LogP contribution is -2.53. The standard InChI is InChI=1S/C17H21N5O3S/c18-15(23)14-7-13-9-25-17(11-22(13)20-14)2-4-21(5-3-17)16(24)19-8-12-1-6-26-10-12/h1,6-7,10H,2-5,8-9,11H2,(H2,18,23)(H,19,24). The van der Waals surface area contributed by atoms with E-state index in [1.807, 2.05) is 26.4 Å². The van der Waals surface area contributed by atoms with E-state index in [1.54, 1.807) is 17.4 Å². The summed E-state index contributed by atoms with van der Waals surface area (Å²) in [6.45, 7) is 2.81. The Bertz CT molecular complexity index is 808. The Kier molecular flexibility index (Phi) is 4.41. The van der Waals surface area contributed by atoms with Gasteiger partial charge in [-0.15, -0.1) is 0 Å². The maximum absolute atomic E-state index is 12.3. The zero-order chi connectivity index (χ0) is 18.1. The molecule has 0 radical (unpaired) electrons. The average Bonchev–Trinajstić information content (AvgIpc) is 3.29. The molecule has 0 saturated carbocycles. The van der Waals surface area contributed by atoms with Gasteiger partial charge in [0.1, 0.15) is 5.69 Å². The van der Waals surface area contributed by atoms with Crippen LogP contribution < -0.4 is 11.1 Å². The number of hydrogen-bond donors (Lipinski definition) is 2. The molecule has 4 rings (SSSR count). The third-order valence-electron chi connectivity index (χ3n) is 5.07. The number of nitrogens with zero attached hydrogens (tertiary/aromatic N) is 3. The summed E-state index contributed by atoms with van der Waals surface area (Å²) in [5.74, 6) is -0.530. The van der Waals surface area contributed by atoms with Crippen molar-refractivity contribution in [2.24, 2.45) is 5.73 Å². The first kappa shape index (κ1) is 17.0. The van der Waals surface area contributed by atoms with Gasteiger partial charge in [0.15, 0.2) is 0 Å². The van der Waals surface area contributed by atoms with Gasteiger partial charge in [0.2, 0.25) is 0 Å². The van der Waals surface area contributed by atoms with E-state index in [-0.39, 0.29) is 17.3 Å². The van der Waals surface area contributed by atoms with Crippen molar-refractivity contribution in [3.63, 3.8) is 0 Å². The molecular formula is C17H21N5O3S. The molecule has 4 heterocycles. The van der Waals surface area contributed by atoms with Crippen LogP contribution in [0.15, 0.2) is 22.9 Å². The Morgan fingerprint density at radius 1 is 1.38 bits per heavy atom. The number of ether oxygens (including phenoxy) is 1. The smallest absolute Gasteiger partial charge is 0.317 e. The van der Waals surface area contributed by atoms with Gasteiger partial charge in [-0.1, -0.05) is 0 Å². The van der Waals surface area contributed by atoms with E-state index in [9.17, 15) is 9.59 Å². The Balaban J connectivity index is 1.34. The van der Waals surface area contributed by atoms with Crippen LogP contribution >= 0.6 is 11.3 Å². The highest BCUT2D eigenvalue weighted by Gasteiger charge is 2.40. The molecule has 2 aliphatic rings. The Morgan fingerprint density at radius 2 is 2.19 bits per heavy atom. The topological polar surface area (TPSA) is 102 Å². The van der Waals surface area contributed by atoms with Crippen LogP contribution in [0.3, 0.4) is 0 Å². The Hall–Kier alpha value is -2.39. The fourth-order valence-corrected chi connectivity index (χ4v) is 4.15. The van der Waals surface area contributed by atoms with E-state index in [0.29, 0.717) is 32.8 Å². The van der Waals surface area contributed by atoms with Crippen LogP contribution in [0.25, 0.3) is 0 Å². The van der Waals surface area contributed by atoms with Gasteiger partial charge in [0.25, 0.3) is 5.91 Å². The number of urea groups is 1. The number of primary amides is 1. The molecule has 0 atom stereocenters. The Labute approximate surface area is 154 Å². The first-order chi connectivity index (χ1) is 12.5. The molecule has 138 valence electrons. The van der Waals surface area contributed by atoms with Crippen molar-refractivity contribution >= 4 is 23.3 Å². The normalized spacial score (nSPS) is 18.5. The summed E-state index contributed by atoms with van der Waals surface area (Å²) in [7, 11) is 0. The molecule has 8 nitrogen and oxygen atoms in total. The molecule has 1 saturated heterocycles.